The molecule has 2 N–H and O–H groups in total. The minimum Gasteiger partial charge on any atom is -0.497 e. The normalized spacial score (nSPS) is 14.6. The summed E-state index contributed by atoms with van der Waals surface area (Å²) in [5.74, 6) is 1.14. The zero-order valence-electron chi connectivity index (χ0n) is 15.5. The number of amides is 1. The number of morpholine rings is 1. The third kappa shape index (κ3) is 5.90. The van der Waals surface area contributed by atoms with Gasteiger partial charge in [-0.2, -0.15) is 0 Å². The lowest BCUT2D eigenvalue weighted by atomic mass is 10.2. The molecule has 1 aromatic heterocycles. The Morgan fingerprint density at radius 2 is 1.89 bits per heavy atom. The second kappa shape index (κ2) is 9.84. The van der Waals surface area contributed by atoms with Gasteiger partial charge in [-0.3, -0.25) is 9.69 Å². The van der Waals surface area contributed by atoms with Crippen molar-refractivity contribution in [3.05, 3.63) is 47.8 Å². The van der Waals surface area contributed by atoms with E-state index in [0.717, 1.165) is 44.2 Å². The van der Waals surface area contributed by atoms with Gasteiger partial charge in [-0.05, 0) is 17.7 Å². The first-order valence-electron chi connectivity index (χ1n) is 9.02. The van der Waals surface area contributed by atoms with Crippen molar-refractivity contribution in [2.45, 2.75) is 6.54 Å². The number of hydrogen-bond donors (Lipinski definition) is 2. The average molecular weight is 371 g/mol. The fourth-order valence-electron chi connectivity index (χ4n) is 2.72. The minimum absolute atomic E-state index is 0.162. The molecule has 0 aliphatic carbocycles. The van der Waals surface area contributed by atoms with Crippen LogP contribution >= 0.6 is 0 Å². The summed E-state index contributed by atoms with van der Waals surface area (Å²) in [5, 5.41) is 6.04. The van der Waals surface area contributed by atoms with E-state index >= 15 is 0 Å². The van der Waals surface area contributed by atoms with Crippen LogP contribution in [0.4, 0.5) is 5.95 Å². The van der Waals surface area contributed by atoms with Gasteiger partial charge in [-0.25, -0.2) is 9.97 Å². The summed E-state index contributed by atoms with van der Waals surface area (Å²) >= 11 is 0. The van der Waals surface area contributed by atoms with Crippen LogP contribution in [-0.2, 0) is 11.3 Å². The largest absolute Gasteiger partial charge is 0.497 e. The van der Waals surface area contributed by atoms with E-state index in [9.17, 15) is 4.79 Å². The molecule has 0 saturated carbocycles. The third-order valence-electron chi connectivity index (χ3n) is 4.34. The molecule has 1 amide bonds. The zero-order chi connectivity index (χ0) is 18.9. The Kier molecular flexibility index (Phi) is 6.95. The van der Waals surface area contributed by atoms with Crippen LogP contribution in [0.3, 0.4) is 0 Å². The second-order valence-electron chi connectivity index (χ2n) is 6.21. The van der Waals surface area contributed by atoms with Gasteiger partial charge in [0.25, 0.3) is 5.91 Å². The number of aromatic nitrogens is 2. The van der Waals surface area contributed by atoms with Crippen LogP contribution in [-0.4, -0.2) is 67.3 Å². The summed E-state index contributed by atoms with van der Waals surface area (Å²) in [6.07, 6.45) is 3.07. The molecule has 8 nitrogen and oxygen atoms in total. The van der Waals surface area contributed by atoms with Gasteiger partial charge < -0.3 is 20.1 Å². The van der Waals surface area contributed by atoms with Crippen LogP contribution in [0.1, 0.15) is 15.9 Å². The van der Waals surface area contributed by atoms with E-state index in [1.54, 1.807) is 7.11 Å². The van der Waals surface area contributed by atoms with Crippen LogP contribution in [0.15, 0.2) is 36.7 Å². The summed E-state index contributed by atoms with van der Waals surface area (Å²) in [7, 11) is 1.64. The number of anilines is 1. The molecule has 2 heterocycles. The Bertz CT molecular complexity index is 715. The Balaban J connectivity index is 1.42. The van der Waals surface area contributed by atoms with Gasteiger partial charge in [0.2, 0.25) is 5.95 Å². The molecular weight excluding hydrogens is 346 g/mol. The quantitative estimate of drug-likeness (QED) is 0.720. The number of carbonyl (C=O) groups excluding carboxylic acids is 1. The molecule has 0 spiro atoms. The highest BCUT2D eigenvalue weighted by Crippen LogP contribution is 2.12. The molecule has 1 aliphatic rings. The number of rotatable bonds is 8. The fraction of sp³-hybridized carbons (Fsp3) is 0.421. The first kappa shape index (κ1) is 19.1. The molecule has 8 heteroatoms. The molecule has 1 aromatic carbocycles. The molecular formula is C19H25N5O3. The lowest BCUT2D eigenvalue weighted by Crippen LogP contribution is -2.41. The highest BCUT2D eigenvalue weighted by Gasteiger charge is 2.11. The predicted molar refractivity (Wildman–Crippen MR) is 102 cm³/mol. The van der Waals surface area contributed by atoms with E-state index < -0.39 is 0 Å². The molecule has 0 radical (unpaired) electrons. The standard InChI is InChI=1S/C19H25N5O3/c1-26-17-4-2-15(3-5-17)12-21-19-22-13-16(14-23-19)18(25)20-6-7-24-8-10-27-11-9-24/h2-5,13-14H,6-12H2,1H3,(H,20,25)(H,21,22,23). The van der Waals surface area contributed by atoms with Gasteiger partial charge in [0.15, 0.2) is 0 Å². The monoisotopic (exact) mass is 371 g/mol. The summed E-state index contributed by atoms with van der Waals surface area (Å²) < 4.78 is 10.4. The van der Waals surface area contributed by atoms with Crippen LogP contribution in [0, 0.1) is 0 Å². The average Bonchev–Trinajstić information content (AvgIpc) is 2.73. The van der Waals surface area contributed by atoms with Gasteiger partial charge in [0.05, 0.1) is 25.9 Å². The molecule has 3 rings (SSSR count). The van der Waals surface area contributed by atoms with E-state index in [1.807, 2.05) is 24.3 Å². The van der Waals surface area contributed by atoms with Crippen LogP contribution in [0.2, 0.25) is 0 Å². The SMILES string of the molecule is COc1ccc(CNc2ncc(C(=O)NCCN3CCOCC3)cn2)cc1. The van der Waals surface area contributed by atoms with E-state index in [2.05, 4.69) is 25.5 Å². The molecule has 0 unspecified atom stereocenters. The lowest BCUT2D eigenvalue weighted by Gasteiger charge is -2.26. The molecule has 1 aliphatic heterocycles. The van der Waals surface area contributed by atoms with Gasteiger partial charge >= 0.3 is 0 Å². The highest BCUT2D eigenvalue weighted by molar-refractivity contribution is 5.93. The van der Waals surface area contributed by atoms with Crippen molar-refractivity contribution in [2.24, 2.45) is 0 Å². The maximum atomic E-state index is 12.2. The zero-order valence-corrected chi connectivity index (χ0v) is 15.5. The topological polar surface area (TPSA) is 88.6 Å². The first-order chi connectivity index (χ1) is 13.2. The molecule has 1 fully saturated rings. The number of methoxy groups -OCH3 is 1. The number of ether oxygens (including phenoxy) is 2. The minimum atomic E-state index is -0.162. The Morgan fingerprint density at radius 1 is 1.19 bits per heavy atom. The first-order valence-corrected chi connectivity index (χ1v) is 9.02. The summed E-state index contributed by atoms with van der Waals surface area (Å²) in [6, 6.07) is 7.76. The smallest absolute Gasteiger partial charge is 0.254 e. The Morgan fingerprint density at radius 3 is 2.56 bits per heavy atom. The van der Waals surface area contributed by atoms with Crippen molar-refractivity contribution in [3.63, 3.8) is 0 Å². The van der Waals surface area contributed by atoms with E-state index in [1.165, 1.54) is 12.4 Å². The van der Waals surface area contributed by atoms with Gasteiger partial charge in [-0.15, -0.1) is 0 Å². The van der Waals surface area contributed by atoms with Crippen molar-refractivity contribution in [3.8, 4) is 5.75 Å². The lowest BCUT2D eigenvalue weighted by molar-refractivity contribution is 0.0383. The summed E-state index contributed by atoms with van der Waals surface area (Å²) in [6.45, 7) is 5.34. The van der Waals surface area contributed by atoms with Crippen molar-refractivity contribution in [2.75, 3.05) is 51.8 Å². The van der Waals surface area contributed by atoms with Gasteiger partial charge in [-0.1, -0.05) is 12.1 Å². The van der Waals surface area contributed by atoms with E-state index in [4.69, 9.17) is 9.47 Å². The van der Waals surface area contributed by atoms with Gasteiger partial charge in [0.1, 0.15) is 5.75 Å². The van der Waals surface area contributed by atoms with E-state index in [-0.39, 0.29) is 5.91 Å². The number of nitrogens with zero attached hydrogens (tertiary/aromatic N) is 3. The maximum absolute atomic E-state index is 12.2. The van der Waals surface area contributed by atoms with Crippen molar-refractivity contribution >= 4 is 11.9 Å². The number of carbonyl (C=O) groups is 1. The summed E-state index contributed by atoms with van der Waals surface area (Å²) in [5.41, 5.74) is 1.54. The molecule has 0 bridgehead atoms. The number of nitrogens with one attached hydrogen (secondary N) is 2. The number of benzene rings is 1. The molecule has 144 valence electrons. The second-order valence-corrected chi connectivity index (χ2v) is 6.21. The van der Waals surface area contributed by atoms with Gasteiger partial charge in [0, 0.05) is 45.1 Å². The van der Waals surface area contributed by atoms with Crippen LogP contribution in [0.25, 0.3) is 0 Å². The summed E-state index contributed by atoms with van der Waals surface area (Å²) in [4.78, 5) is 22.9. The molecule has 2 aromatic rings. The third-order valence-corrected chi connectivity index (χ3v) is 4.34. The van der Waals surface area contributed by atoms with Crippen molar-refractivity contribution in [1.29, 1.82) is 0 Å². The van der Waals surface area contributed by atoms with E-state index in [0.29, 0.717) is 24.6 Å². The highest BCUT2D eigenvalue weighted by atomic mass is 16.5. The predicted octanol–water partition coefficient (Wildman–Crippen LogP) is 1.16. The number of hydrogen-bond acceptors (Lipinski definition) is 7. The maximum Gasteiger partial charge on any atom is 0.254 e. The Hall–Kier alpha value is -2.71. The Labute approximate surface area is 158 Å². The van der Waals surface area contributed by atoms with Crippen LogP contribution < -0.4 is 15.4 Å². The molecule has 27 heavy (non-hydrogen) atoms. The molecule has 0 atom stereocenters. The fourth-order valence-corrected chi connectivity index (χ4v) is 2.72. The molecule has 1 saturated heterocycles. The van der Waals surface area contributed by atoms with Crippen molar-refractivity contribution in [1.82, 2.24) is 20.2 Å². The van der Waals surface area contributed by atoms with Crippen molar-refractivity contribution < 1.29 is 14.3 Å². The van der Waals surface area contributed by atoms with Crippen LogP contribution in [0.5, 0.6) is 5.75 Å².